The first-order valence-electron chi connectivity index (χ1n) is 7.14. The lowest BCUT2D eigenvalue weighted by molar-refractivity contribution is 0.355. The molecule has 21 heavy (non-hydrogen) atoms. The molecule has 2 N–H and O–H groups in total. The van der Waals surface area contributed by atoms with Crippen LogP contribution < -0.4 is 15.2 Å². The van der Waals surface area contributed by atoms with E-state index in [9.17, 15) is 0 Å². The van der Waals surface area contributed by atoms with Crippen LogP contribution in [0.25, 0.3) is 11.3 Å². The van der Waals surface area contributed by atoms with Crippen molar-refractivity contribution in [3.05, 3.63) is 28.1 Å². The molecule has 1 heterocycles. The molecule has 4 nitrogen and oxygen atoms in total. The van der Waals surface area contributed by atoms with Gasteiger partial charge in [0.2, 0.25) is 0 Å². The molecule has 2 aromatic rings. The molecule has 5 heteroatoms. The number of benzene rings is 1. The second kappa shape index (κ2) is 7.43. The highest BCUT2D eigenvalue weighted by Gasteiger charge is 2.14. The van der Waals surface area contributed by atoms with Gasteiger partial charge < -0.3 is 15.2 Å². The number of aryl methyl sites for hydroxylation is 1. The van der Waals surface area contributed by atoms with E-state index in [1.165, 1.54) is 9.88 Å². The summed E-state index contributed by atoms with van der Waals surface area (Å²) in [5.74, 6) is 1.45. The molecule has 0 aliphatic heterocycles. The molecule has 0 unspecified atom stereocenters. The summed E-state index contributed by atoms with van der Waals surface area (Å²) in [6.45, 7) is 2.80. The van der Waals surface area contributed by atoms with Crippen molar-refractivity contribution in [1.82, 2.24) is 4.98 Å². The number of ether oxygens (including phenoxy) is 2. The molecule has 0 fully saturated rings. The van der Waals surface area contributed by atoms with Gasteiger partial charge in [-0.05, 0) is 44.0 Å². The predicted octanol–water partition coefficient (Wildman–Crippen LogP) is 3.28. The van der Waals surface area contributed by atoms with E-state index >= 15 is 0 Å². The third kappa shape index (κ3) is 3.54. The predicted molar refractivity (Wildman–Crippen MR) is 87.4 cm³/mol. The molecule has 0 saturated carbocycles. The Labute approximate surface area is 129 Å². The Morgan fingerprint density at radius 3 is 2.52 bits per heavy atom. The van der Waals surface area contributed by atoms with E-state index in [1.54, 1.807) is 25.6 Å². The second-order valence-corrected chi connectivity index (χ2v) is 5.91. The second-order valence-electron chi connectivity index (χ2n) is 4.74. The Kier molecular flexibility index (Phi) is 5.59. The van der Waals surface area contributed by atoms with Crippen molar-refractivity contribution in [3.8, 4) is 22.8 Å². The third-order valence-electron chi connectivity index (χ3n) is 3.23. The van der Waals surface area contributed by atoms with Crippen molar-refractivity contribution in [2.24, 2.45) is 5.73 Å². The number of hydrogen-bond acceptors (Lipinski definition) is 5. The highest BCUT2D eigenvalue weighted by molar-refractivity contribution is 7.12. The zero-order valence-corrected chi connectivity index (χ0v) is 13.6. The molecule has 0 amide bonds. The lowest BCUT2D eigenvalue weighted by Gasteiger charge is -2.09. The van der Waals surface area contributed by atoms with E-state index in [2.05, 4.69) is 6.92 Å². The van der Waals surface area contributed by atoms with Gasteiger partial charge in [0.1, 0.15) is 0 Å². The minimum atomic E-state index is 0.633. The van der Waals surface area contributed by atoms with Crippen LogP contribution in [-0.2, 0) is 12.8 Å². The summed E-state index contributed by atoms with van der Waals surface area (Å²) in [6.07, 6.45) is 2.96. The average Bonchev–Trinajstić information content (AvgIpc) is 2.90. The lowest BCUT2D eigenvalue weighted by Crippen LogP contribution is -2.02. The smallest absolute Gasteiger partial charge is 0.161 e. The van der Waals surface area contributed by atoms with Crippen LogP contribution in [0, 0.1) is 0 Å². The van der Waals surface area contributed by atoms with Gasteiger partial charge in [-0.2, -0.15) is 0 Å². The van der Waals surface area contributed by atoms with Gasteiger partial charge in [-0.15, -0.1) is 11.3 Å². The molecule has 0 atom stereocenters. The van der Waals surface area contributed by atoms with Crippen LogP contribution in [-0.4, -0.2) is 25.7 Å². The van der Waals surface area contributed by atoms with Crippen molar-refractivity contribution < 1.29 is 9.47 Å². The molecule has 0 radical (unpaired) electrons. The summed E-state index contributed by atoms with van der Waals surface area (Å²) in [7, 11) is 3.28. The van der Waals surface area contributed by atoms with Crippen LogP contribution in [0.3, 0.4) is 0 Å². The van der Waals surface area contributed by atoms with E-state index in [0.717, 1.165) is 42.0 Å². The molecular weight excluding hydrogens is 284 g/mol. The first-order chi connectivity index (χ1) is 10.2. The fourth-order valence-corrected chi connectivity index (χ4v) is 3.44. The largest absolute Gasteiger partial charge is 0.493 e. The number of methoxy groups -OCH3 is 2. The molecule has 0 spiro atoms. The Hall–Kier alpha value is -1.59. The van der Waals surface area contributed by atoms with Crippen LogP contribution in [0.15, 0.2) is 18.2 Å². The standard InChI is InChI=1S/C16H22N2O2S/c1-4-5-15-18-16(14(21-15)8-9-17)11-6-7-12(19-2)13(10-11)20-3/h6-7,10H,4-5,8-9,17H2,1-3H3. The van der Waals surface area contributed by atoms with E-state index in [4.69, 9.17) is 20.2 Å². The van der Waals surface area contributed by atoms with Gasteiger partial charge in [0.15, 0.2) is 11.5 Å². The monoisotopic (exact) mass is 306 g/mol. The lowest BCUT2D eigenvalue weighted by atomic mass is 10.1. The van der Waals surface area contributed by atoms with Crippen LogP contribution in [0.5, 0.6) is 11.5 Å². The van der Waals surface area contributed by atoms with Gasteiger partial charge in [0.25, 0.3) is 0 Å². The maximum Gasteiger partial charge on any atom is 0.161 e. The SMILES string of the molecule is CCCc1nc(-c2ccc(OC)c(OC)c2)c(CCN)s1. The highest BCUT2D eigenvalue weighted by Crippen LogP contribution is 2.35. The summed E-state index contributed by atoms with van der Waals surface area (Å²) >= 11 is 1.76. The summed E-state index contributed by atoms with van der Waals surface area (Å²) in [5, 5.41) is 1.17. The van der Waals surface area contributed by atoms with Gasteiger partial charge in [-0.25, -0.2) is 4.98 Å². The zero-order chi connectivity index (χ0) is 15.2. The molecule has 0 aliphatic carbocycles. The quantitative estimate of drug-likeness (QED) is 0.853. The van der Waals surface area contributed by atoms with Crippen LogP contribution in [0.2, 0.25) is 0 Å². The van der Waals surface area contributed by atoms with Gasteiger partial charge in [-0.3, -0.25) is 0 Å². The Morgan fingerprint density at radius 1 is 1.14 bits per heavy atom. The summed E-state index contributed by atoms with van der Waals surface area (Å²) < 4.78 is 10.7. The molecule has 2 rings (SSSR count). The summed E-state index contributed by atoms with van der Waals surface area (Å²) in [4.78, 5) is 6.03. The number of hydrogen-bond donors (Lipinski definition) is 1. The summed E-state index contributed by atoms with van der Waals surface area (Å²) in [6, 6.07) is 5.91. The van der Waals surface area contributed by atoms with Crippen molar-refractivity contribution in [1.29, 1.82) is 0 Å². The van der Waals surface area contributed by atoms with E-state index in [1.807, 2.05) is 18.2 Å². The number of nitrogens with zero attached hydrogens (tertiary/aromatic N) is 1. The van der Waals surface area contributed by atoms with Crippen molar-refractivity contribution in [3.63, 3.8) is 0 Å². The minimum absolute atomic E-state index is 0.633. The third-order valence-corrected chi connectivity index (χ3v) is 4.41. The van der Waals surface area contributed by atoms with Crippen LogP contribution >= 0.6 is 11.3 Å². The van der Waals surface area contributed by atoms with E-state index in [0.29, 0.717) is 6.54 Å². The van der Waals surface area contributed by atoms with Gasteiger partial charge in [0, 0.05) is 10.4 Å². The van der Waals surface area contributed by atoms with Gasteiger partial charge in [-0.1, -0.05) is 6.92 Å². The number of rotatable bonds is 7. The van der Waals surface area contributed by atoms with E-state index < -0.39 is 0 Å². The topological polar surface area (TPSA) is 57.4 Å². The maximum atomic E-state index is 5.73. The number of aromatic nitrogens is 1. The van der Waals surface area contributed by atoms with Gasteiger partial charge >= 0.3 is 0 Å². The maximum absolute atomic E-state index is 5.73. The fourth-order valence-electron chi connectivity index (χ4n) is 2.23. The Bertz CT molecular complexity index is 596. The van der Waals surface area contributed by atoms with Crippen LogP contribution in [0.1, 0.15) is 23.2 Å². The van der Waals surface area contributed by atoms with Crippen molar-refractivity contribution in [2.75, 3.05) is 20.8 Å². The molecular formula is C16H22N2O2S. The fraction of sp³-hybridized carbons (Fsp3) is 0.438. The van der Waals surface area contributed by atoms with Crippen LogP contribution in [0.4, 0.5) is 0 Å². The highest BCUT2D eigenvalue weighted by atomic mass is 32.1. The molecule has 114 valence electrons. The number of nitrogens with two attached hydrogens (primary N) is 1. The average molecular weight is 306 g/mol. The molecule has 1 aromatic carbocycles. The van der Waals surface area contributed by atoms with E-state index in [-0.39, 0.29) is 0 Å². The molecule has 0 aliphatic rings. The summed E-state index contributed by atoms with van der Waals surface area (Å²) in [5.41, 5.74) is 7.80. The minimum Gasteiger partial charge on any atom is -0.493 e. The Balaban J connectivity index is 2.44. The first kappa shape index (κ1) is 15.8. The first-order valence-corrected chi connectivity index (χ1v) is 7.96. The molecule has 1 aromatic heterocycles. The number of thiazole rings is 1. The molecule has 0 saturated heterocycles. The van der Waals surface area contributed by atoms with Crippen molar-refractivity contribution in [2.45, 2.75) is 26.2 Å². The molecule has 0 bridgehead atoms. The van der Waals surface area contributed by atoms with Gasteiger partial charge in [0.05, 0.1) is 24.9 Å². The van der Waals surface area contributed by atoms with Crippen molar-refractivity contribution >= 4 is 11.3 Å². The Morgan fingerprint density at radius 2 is 1.90 bits per heavy atom. The normalized spacial score (nSPS) is 10.7. The zero-order valence-electron chi connectivity index (χ0n) is 12.8.